The number of anilines is 1. The molecule has 0 bridgehead atoms. The van der Waals surface area contributed by atoms with E-state index in [4.69, 9.17) is 25.8 Å². The van der Waals surface area contributed by atoms with Crippen LogP contribution in [0.3, 0.4) is 0 Å². The number of nitrogens with one attached hydrogen (secondary N) is 1. The van der Waals surface area contributed by atoms with Crippen molar-refractivity contribution in [1.29, 1.82) is 0 Å². The van der Waals surface area contributed by atoms with Gasteiger partial charge in [-0.15, -0.1) is 0 Å². The average Bonchev–Trinajstić information content (AvgIpc) is 3.16. The first-order valence-electron chi connectivity index (χ1n) is 9.24. The molecule has 4 atom stereocenters. The standard InChI is InChI=1S/C19H20ClN5O3/c1-21-16-15-17(24-19(20)23-16)25(10-22-15)12-7-13-14(26-8-12)9-27-18(28-13)11-5-3-2-4-6-11/h2-6,10,12-14,18H,7-9H2,1H3,(H,21,23,24)/t12-,13-,14+,18+/m0/s1. The third-order valence-corrected chi connectivity index (χ3v) is 5.40. The van der Waals surface area contributed by atoms with Crippen molar-refractivity contribution in [3.63, 3.8) is 0 Å². The summed E-state index contributed by atoms with van der Waals surface area (Å²) in [6.45, 7) is 1.05. The molecular formula is C19H20ClN5O3. The molecule has 28 heavy (non-hydrogen) atoms. The van der Waals surface area contributed by atoms with Gasteiger partial charge in [0.15, 0.2) is 23.3 Å². The van der Waals surface area contributed by atoms with E-state index in [-0.39, 0.29) is 29.8 Å². The van der Waals surface area contributed by atoms with Crippen LogP contribution in [-0.4, -0.2) is 52.0 Å². The predicted octanol–water partition coefficient (Wildman–Crippen LogP) is 2.97. The van der Waals surface area contributed by atoms with Crippen molar-refractivity contribution in [2.24, 2.45) is 0 Å². The van der Waals surface area contributed by atoms with Crippen molar-refractivity contribution in [3.05, 3.63) is 47.5 Å². The molecule has 5 rings (SSSR count). The smallest absolute Gasteiger partial charge is 0.226 e. The first-order valence-corrected chi connectivity index (χ1v) is 9.62. The zero-order valence-electron chi connectivity index (χ0n) is 15.3. The van der Waals surface area contributed by atoms with Gasteiger partial charge in [-0.05, 0) is 18.0 Å². The minimum atomic E-state index is -0.378. The summed E-state index contributed by atoms with van der Waals surface area (Å²) >= 11 is 6.09. The van der Waals surface area contributed by atoms with E-state index in [0.717, 1.165) is 12.0 Å². The molecule has 1 N–H and O–H groups in total. The van der Waals surface area contributed by atoms with Gasteiger partial charge in [0, 0.05) is 12.6 Å². The van der Waals surface area contributed by atoms with Crippen LogP contribution in [0.15, 0.2) is 36.7 Å². The van der Waals surface area contributed by atoms with Crippen LogP contribution >= 0.6 is 11.6 Å². The van der Waals surface area contributed by atoms with Gasteiger partial charge in [0.2, 0.25) is 5.28 Å². The number of rotatable bonds is 3. The minimum Gasteiger partial charge on any atom is -0.371 e. The maximum absolute atomic E-state index is 6.23. The molecule has 1 aromatic carbocycles. The van der Waals surface area contributed by atoms with Crippen LogP contribution in [0.25, 0.3) is 11.2 Å². The summed E-state index contributed by atoms with van der Waals surface area (Å²) in [6, 6.07) is 9.99. The molecule has 0 saturated carbocycles. The van der Waals surface area contributed by atoms with E-state index in [0.29, 0.717) is 30.2 Å². The Hall–Kier alpha value is -2.26. The van der Waals surface area contributed by atoms with Gasteiger partial charge in [-0.25, -0.2) is 4.98 Å². The summed E-state index contributed by atoms with van der Waals surface area (Å²) in [6.07, 6.45) is 2.02. The zero-order chi connectivity index (χ0) is 19.1. The monoisotopic (exact) mass is 401 g/mol. The highest BCUT2D eigenvalue weighted by atomic mass is 35.5. The van der Waals surface area contributed by atoms with E-state index >= 15 is 0 Å². The zero-order valence-corrected chi connectivity index (χ0v) is 16.0. The van der Waals surface area contributed by atoms with Crippen LogP contribution in [0, 0.1) is 0 Å². The second-order valence-electron chi connectivity index (χ2n) is 6.93. The van der Waals surface area contributed by atoms with E-state index in [9.17, 15) is 0 Å². The van der Waals surface area contributed by atoms with Gasteiger partial charge < -0.3 is 24.1 Å². The van der Waals surface area contributed by atoms with Crippen LogP contribution in [0.4, 0.5) is 5.82 Å². The molecule has 0 amide bonds. The largest absolute Gasteiger partial charge is 0.371 e. The summed E-state index contributed by atoms with van der Waals surface area (Å²) < 4.78 is 20.1. The molecular weight excluding hydrogens is 382 g/mol. The van der Waals surface area contributed by atoms with E-state index < -0.39 is 0 Å². The van der Waals surface area contributed by atoms with Gasteiger partial charge in [0.25, 0.3) is 0 Å². The fraction of sp³-hybridized carbons (Fsp3) is 0.421. The fourth-order valence-electron chi connectivity index (χ4n) is 3.82. The number of benzene rings is 1. The van der Waals surface area contributed by atoms with Gasteiger partial charge in [-0.1, -0.05) is 30.3 Å². The molecule has 8 nitrogen and oxygen atoms in total. The van der Waals surface area contributed by atoms with Crippen LogP contribution in [0.5, 0.6) is 0 Å². The molecule has 0 aliphatic carbocycles. The molecule has 2 aromatic heterocycles. The van der Waals surface area contributed by atoms with Crippen molar-refractivity contribution in [2.45, 2.75) is 31.0 Å². The summed E-state index contributed by atoms with van der Waals surface area (Å²) in [4.78, 5) is 13.0. The maximum Gasteiger partial charge on any atom is 0.226 e. The van der Waals surface area contributed by atoms with Crippen molar-refractivity contribution in [1.82, 2.24) is 19.5 Å². The summed E-state index contributed by atoms with van der Waals surface area (Å²) in [5, 5.41) is 3.19. The molecule has 2 aliphatic heterocycles. The van der Waals surface area contributed by atoms with E-state index in [1.54, 1.807) is 13.4 Å². The van der Waals surface area contributed by atoms with Crippen LogP contribution < -0.4 is 5.32 Å². The number of halogens is 1. The van der Waals surface area contributed by atoms with Gasteiger partial charge in [-0.3, -0.25) is 0 Å². The van der Waals surface area contributed by atoms with Crippen molar-refractivity contribution in [2.75, 3.05) is 25.6 Å². The Bertz CT molecular complexity index is 982. The highest BCUT2D eigenvalue weighted by Crippen LogP contribution is 2.36. The van der Waals surface area contributed by atoms with Crippen LogP contribution in [0.1, 0.15) is 24.3 Å². The highest BCUT2D eigenvalue weighted by molar-refractivity contribution is 6.28. The van der Waals surface area contributed by atoms with Crippen LogP contribution in [-0.2, 0) is 14.2 Å². The molecule has 0 spiro atoms. The first-order chi connectivity index (χ1) is 13.7. The van der Waals surface area contributed by atoms with Gasteiger partial charge in [0.05, 0.1) is 31.7 Å². The number of nitrogens with zero attached hydrogens (tertiary/aromatic N) is 4. The number of imidazole rings is 1. The minimum absolute atomic E-state index is 0.0384. The fourth-order valence-corrected chi connectivity index (χ4v) is 3.98. The van der Waals surface area contributed by atoms with E-state index in [1.807, 2.05) is 34.9 Å². The Kier molecular flexibility index (Phi) is 4.64. The number of aromatic nitrogens is 4. The van der Waals surface area contributed by atoms with Gasteiger partial charge in [0.1, 0.15) is 6.10 Å². The number of ether oxygens (including phenoxy) is 3. The first kappa shape index (κ1) is 17.8. The van der Waals surface area contributed by atoms with Gasteiger partial charge in [-0.2, -0.15) is 9.97 Å². The predicted molar refractivity (Wildman–Crippen MR) is 103 cm³/mol. The molecule has 2 fully saturated rings. The summed E-state index contributed by atoms with van der Waals surface area (Å²) in [7, 11) is 1.78. The van der Waals surface area contributed by atoms with Gasteiger partial charge >= 0.3 is 0 Å². The maximum atomic E-state index is 6.23. The Morgan fingerprint density at radius 1 is 1.11 bits per heavy atom. The van der Waals surface area contributed by atoms with Crippen LogP contribution in [0.2, 0.25) is 5.28 Å². The summed E-state index contributed by atoms with van der Waals surface area (Å²) in [5.74, 6) is 0.606. The van der Waals surface area contributed by atoms with E-state index in [2.05, 4.69) is 20.3 Å². The Labute approximate surface area is 166 Å². The average molecular weight is 402 g/mol. The Balaban J connectivity index is 1.40. The quantitative estimate of drug-likeness (QED) is 0.675. The van der Waals surface area contributed by atoms with Crippen molar-refractivity contribution < 1.29 is 14.2 Å². The lowest BCUT2D eigenvalue weighted by molar-refractivity contribution is -0.282. The molecule has 9 heteroatoms. The Morgan fingerprint density at radius 3 is 2.79 bits per heavy atom. The molecule has 0 unspecified atom stereocenters. The molecule has 146 valence electrons. The SMILES string of the molecule is CNc1nc(Cl)nc2c1ncn2[C@@H]1CO[C@@H]2CO[C@@H](c3ccccc3)O[C@H]2C1. The third kappa shape index (κ3) is 3.12. The van der Waals surface area contributed by atoms with Crippen molar-refractivity contribution in [3.8, 4) is 0 Å². The second kappa shape index (κ2) is 7.29. The third-order valence-electron chi connectivity index (χ3n) is 5.23. The molecule has 0 radical (unpaired) electrons. The highest BCUT2D eigenvalue weighted by Gasteiger charge is 2.39. The molecule has 2 aliphatic rings. The molecule has 2 saturated heterocycles. The molecule has 3 aromatic rings. The summed E-state index contributed by atoms with van der Waals surface area (Å²) in [5.41, 5.74) is 2.38. The lowest BCUT2D eigenvalue weighted by Gasteiger charge is -2.42. The van der Waals surface area contributed by atoms with Crippen molar-refractivity contribution >= 4 is 28.6 Å². The Morgan fingerprint density at radius 2 is 1.96 bits per heavy atom. The molecule has 4 heterocycles. The number of hydrogen-bond donors (Lipinski definition) is 1. The number of hydrogen-bond acceptors (Lipinski definition) is 7. The normalized spacial score (nSPS) is 27.5. The second-order valence-corrected chi connectivity index (χ2v) is 7.27. The lowest BCUT2D eigenvalue weighted by atomic mass is 10.0. The lowest BCUT2D eigenvalue weighted by Crippen LogP contribution is -2.47. The van der Waals surface area contributed by atoms with E-state index in [1.165, 1.54) is 0 Å². The topological polar surface area (TPSA) is 83.3 Å². The number of fused-ring (bicyclic) bond motifs is 2.